The van der Waals surface area contributed by atoms with Gasteiger partial charge in [-0.2, -0.15) is 23.3 Å². The van der Waals surface area contributed by atoms with Gasteiger partial charge in [0.2, 0.25) is 5.95 Å². The average Bonchev–Trinajstić information content (AvgIpc) is 3.38. The van der Waals surface area contributed by atoms with Gasteiger partial charge in [-0.1, -0.05) is 12.1 Å². The fourth-order valence-electron chi connectivity index (χ4n) is 3.61. The summed E-state index contributed by atoms with van der Waals surface area (Å²) in [5, 5.41) is 21.2. The van der Waals surface area contributed by atoms with Crippen LogP contribution in [0.25, 0.3) is 11.3 Å². The standard InChI is InChI=1S/C26H26F3N8O2/c1-16-5-7-18(8-6-16)33-25-31-14-19(26(27,28)29)23(36-25)35-21-10-9-20(34-22(21)24(39)30-2)17-13-32-37(15-17)11-3-4-12-38/h5-10,13-15,38H,1,3-4,11-12H2,2H3,(H,30,39)(H2,31,33,35,36). The minimum absolute atomic E-state index is 0.0185. The van der Waals surface area contributed by atoms with E-state index in [0.717, 1.165) is 12.0 Å². The Bertz CT molecular complexity index is 1440. The maximum Gasteiger partial charge on any atom is 0.421 e. The van der Waals surface area contributed by atoms with Crippen molar-refractivity contribution in [2.24, 2.45) is 0 Å². The molecule has 39 heavy (non-hydrogen) atoms. The number of aryl methyl sites for hydroxylation is 1. The van der Waals surface area contributed by atoms with Crippen LogP contribution in [0, 0.1) is 6.92 Å². The molecule has 1 aromatic carbocycles. The second kappa shape index (κ2) is 11.9. The number of carbonyl (C=O) groups excluding carboxylic acids is 1. The molecular weight excluding hydrogens is 513 g/mol. The fraction of sp³-hybridized carbons (Fsp3) is 0.231. The highest BCUT2D eigenvalue weighted by atomic mass is 19.4. The summed E-state index contributed by atoms with van der Waals surface area (Å²) in [5.74, 6) is -1.24. The average molecular weight is 540 g/mol. The maximum absolute atomic E-state index is 13.8. The van der Waals surface area contributed by atoms with Gasteiger partial charge in [-0.05, 0) is 49.6 Å². The van der Waals surface area contributed by atoms with Gasteiger partial charge in [-0.25, -0.2) is 9.97 Å². The Morgan fingerprint density at radius 3 is 2.51 bits per heavy atom. The number of aliphatic hydroxyl groups excluding tert-OH is 1. The smallest absolute Gasteiger partial charge is 0.396 e. The van der Waals surface area contributed by atoms with Crippen LogP contribution in [0.15, 0.2) is 55.0 Å². The predicted molar refractivity (Wildman–Crippen MR) is 140 cm³/mol. The van der Waals surface area contributed by atoms with E-state index in [2.05, 4.69) is 42.9 Å². The van der Waals surface area contributed by atoms with E-state index >= 15 is 0 Å². The summed E-state index contributed by atoms with van der Waals surface area (Å²) in [6.07, 6.45) is 0.591. The van der Waals surface area contributed by atoms with Crippen molar-refractivity contribution in [2.45, 2.75) is 25.6 Å². The van der Waals surface area contributed by atoms with Gasteiger partial charge in [0.1, 0.15) is 11.4 Å². The Morgan fingerprint density at radius 1 is 1.05 bits per heavy atom. The number of rotatable bonds is 10. The van der Waals surface area contributed by atoms with Gasteiger partial charge in [0.15, 0.2) is 5.69 Å². The molecule has 3 heterocycles. The van der Waals surface area contributed by atoms with E-state index in [1.165, 1.54) is 13.1 Å². The van der Waals surface area contributed by atoms with Crippen molar-refractivity contribution in [3.63, 3.8) is 0 Å². The molecule has 10 nitrogen and oxygen atoms in total. The first-order valence-electron chi connectivity index (χ1n) is 11.9. The molecule has 0 fully saturated rings. The number of alkyl halides is 3. The molecule has 203 valence electrons. The normalized spacial score (nSPS) is 11.3. The summed E-state index contributed by atoms with van der Waals surface area (Å²) < 4.78 is 43.1. The molecule has 1 amide bonds. The summed E-state index contributed by atoms with van der Waals surface area (Å²) >= 11 is 0. The van der Waals surface area contributed by atoms with E-state index < -0.39 is 23.5 Å². The fourth-order valence-corrected chi connectivity index (χ4v) is 3.61. The first-order chi connectivity index (χ1) is 18.7. The Balaban J connectivity index is 1.67. The van der Waals surface area contributed by atoms with Crippen molar-refractivity contribution in [3.8, 4) is 11.3 Å². The summed E-state index contributed by atoms with van der Waals surface area (Å²) in [6.45, 7) is 4.47. The summed E-state index contributed by atoms with van der Waals surface area (Å²) in [5.41, 5.74) is 1.12. The van der Waals surface area contributed by atoms with Crippen LogP contribution >= 0.6 is 0 Å². The number of aliphatic hydroxyl groups is 1. The molecule has 0 spiro atoms. The van der Waals surface area contributed by atoms with Crippen molar-refractivity contribution < 1.29 is 23.1 Å². The van der Waals surface area contributed by atoms with Gasteiger partial charge in [-0.15, -0.1) is 0 Å². The molecule has 0 bridgehead atoms. The molecule has 0 aliphatic rings. The second-order valence-corrected chi connectivity index (χ2v) is 8.50. The third-order valence-corrected chi connectivity index (χ3v) is 5.62. The number of pyridine rings is 1. The Hall–Kier alpha value is -4.52. The predicted octanol–water partition coefficient (Wildman–Crippen LogP) is 4.56. The Kier molecular flexibility index (Phi) is 8.39. The number of nitrogens with zero attached hydrogens (tertiary/aromatic N) is 5. The maximum atomic E-state index is 13.8. The van der Waals surface area contributed by atoms with Crippen molar-refractivity contribution in [3.05, 3.63) is 78.7 Å². The third kappa shape index (κ3) is 6.87. The highest BCUT2D eigenvalue weighted by molar-refractivity contribution is 5.98. The highest BCUT2D eigenvalue weighted by Crippen LogP contribution is 2.36. The zero-order valence-electron chi connectivity index (χ0n) is 21.0. The number of anilines is 4. The lowest BCUT2D eigenvalue weighted by Crippen LogP contribution is -2.21. The lowest BCUT2D eigenvalue weighted by Gasteiger charge is -2.16. The Labute approximate surface area is 222 Å². The molecule has 0 saturated heterocycles. The zero-order chi connectivity index (χ0) is 28.0. The number of carbonyl (C=O) groups is 1. The molecule has 0 atom stereocenters. The molecular formula is C26H26F3N8O2. The first-order valence-corrected chi connectivity index (χ1v) is 11.9. The van der Waals surface area contributed by atoms with Crippen molar-refractivity contribution in [2.75, 3.05) is 24.3 Å². The first kappa shape index (κ1) is 27.5. The molecule has 4 aromatic rings. The van der Waals surface area contributed by atoms with Crippen LogP contribution in [0.1, 0.15) is 34.5 Å². The van der Waals surface area contributed by atoms with E-state index in [1.807, 2.05) is 0 Å². The van der Waals surface area contributed by atoms with E-state index in [0.29, 0.717) is 36.1 Å². The number of halogens is 3. The lowest BCUT2D eigenvalue weighted by molar-refractivity contribution is -0.137. The second-order valence-electron chi connectivity index (χ2n) is 8.50. The monoisotopic (exact) mass is 539 g/mol. The van der Waals surface area contributed by atoms with Gasteiger partial charge in [0.25, 0.3) is 5.91 Å². The molecule has 4 rings (SSSR count). The number of hydrogen-bond acceptors (Lipinski definition) is 8. The van der Waals surface area contributed by atoms with E-state index in [-0.39, 0.29) is 23.9 Å². The third-order valence-electron chi connectivity index (χ3n) is 5.62. The number of hydrogen-bond donors (Lipinski definition) is 4. The molecule has 1 radical (unpaired) electrons. The van der Waals surface area contributed by atoms with Crippen LogP contribution in [0.2, 0.25) is 0 Å². The molecule has 4 N–H and O–H groups in total. The highest BCUT2D eigenvalue weighted by Gasteiger charge is 2.36. The van der Waals surface area contributed by atoms with Crippen LogP contribution in [0.5, 0.6) is 0 Å². The molecule has 0 aliphatic carbocycles. The molecule has 3 aromatic heterocycles. The van der Waals surface area contributed by atoms with Crippen LogP contribution in [0.4, 0.5) is 36.3 Å². The van der Waals surface area contributed by atoms with E-state index in [9.17, 15) is 18.0 Å². The number of amides is 1. The van der Waals surface area contributed by atoms with E-state index in [4.69, 9.17) is 5.11 Å². The van der Waals surface area contributed by atoms with Crippen molar-refractivity contribution in [1.29, 1.82) is 0 Å². The van der Waals surface area contributed by atoms with Gasteiger partial charge < -0.3 is 21.1 Å². The van der Waals surface area contributed by atoms with Crippen molar-refractivity contribution in [1.82, 2.24) is 30.0 Å². The number of benzene rings is 1. The quantitative estimate of drug-likeness (QED) is 0.216. The van der Waals surface area contributed by atoms with Crippen LogP contribution in [-0.2, 0) is 12.7 Å². The van der Waals surface area contributed by atoms with E-state index in [1.54, 1.807) is 47.4 Å². The van der Waals surface area contributed by atoms with Gasteiger partial charge in [0.05, 0.1) is 17.6 Å². The van der Waals surface area contributed by atoms with Crippen LogP contribution in [-0.4, -0.2) is 49.4 Å². The van der Waals surface area contributed by atoms with Crippen molar-refractivity contribution >= 4 is 29.0 Å². The lowest BCUT2D eigenvalue weighted by atomic mass is 10.1. The number of aromatic nitrogens is 5. The SMILES string of the molecule is [CH2]c1ccc(Nc2ncc(C(F)(F)F)c(Nc3ccc(-c4cnn(CCCCO)c4)nc3C(=O)NC)n2)cc1. The minimum Gasteiger partial charge on any atom is -0.396 e. The van der Waals surface area contributed by atoms with Crippen LogP contribution < -0.4 is 16.0 Å². The Morgan fingerprint density at radius 2 is 1.82 bits per heavy atom. The molecule has 0 aliphatic heterocycles. The summed E-state index contributed by atoms with van der Waals surface area (Å²) in [4.78, 5) is 24.9. The summed E-state index contributed by atoms with van der Waals surface area (Å²) in [7, 11) is 1.39. The van der Waals surface area contributed by atoms with Gasteiger partial charge >= 0.3 is 6.18 Å². The number of nitrogens with one attached hydrogen (secondary N) is 3. The summed E-state index contributed by atoms with van der Waals surface area (Å²) in [6, 6.07) is 9.87. The van der Waals surface area contributed by atoms with Crippen LogP contribution in [0.3, 0.4) is 0 Å². The molecule has 0 saturated carbocycles. The number of unbranched alkanes of at least 4 members (excludes halogenated alkanes) is 1. The molecule has 13 heteroatoms. The topological polar surface area (TPSA) is 130 Å². The zero-order valence-corrected chi connectivity index (χ0v) is 21.0. The molecule has 0 unspecified atom stereocenters. The van der Waals surface area contributed by atoms with Gasteiger partial charge in [0, 0.05) is 43.8 Å². The van der Waals surface area contributed by atoms with Gasteiger partial charge in [-0.3, -0.25) is 9.48 Å². The largest absolute Gasteiger partial charge is 0.421 e. The minimum atomic E-state index is -4.76.